The molecule has 1 aliphatic rings. The van der Waals surface area contributed by atoms with Gasteiger partial charge in [0.2, 0.25) is 10.0 Å². The minimum Gasteiger partial charge on any atom is -0.327 e. The molecule has 0 atom stereocenters. The van der Waals surface area contributed by atoms with Gasteiger partial charge in [0.15, 0.2) is 0 Å². The summed E-state index contributed by atoms with van der Waals surface area (Å²) in [5, 5.41) is 2.72. The maximum atomic E-state index is 11.8. The molecule has 0 unspecified atom stereocenters. The Hall–Kier alpha value is -1.26. The van der Waals surface area contributed by atoms with Gasteiger partial charge in [0.1, 0.15) is 0 Å². The zero-order valence-corrected chi connectivity index (χ0v) is 13.2. The molecule has 7 heteroatoms. The van der Waals surface area contributed by atoms with Gasteiger partial charge >= 0.3 is 6.03 Å². The average molecular weight is 301 g/mol. The first kappa shape index (κ1) is 16.8. The first-order chi connectivity index (χ1) is 9.40. The number of rotatable bonds is 4. The van der Waals surface area contributed by atoms with Gasteiger partial charge in [-0.15, -0.1) is 5.92 Å². The van der Waals surface area contributed by atoms with Crippen molar-refractivity contribution >= 4 is 16.1 Å². The molecule has 0 aromatic rings. The third kappa shape index (κ3) is 4.69. The molecular formula is C13H23N3O3S. The van der Waals surface area contributed by atoms with Crippen LogP contribution in [0.1, 0.15) is 26.7 Å². The van der Waals surface area contributed by atoms with Gasteiger partial charge in [0, 0.05) is 25.7 Å². The highest BCUT2D eigenvalue weighted by Gasteiger charge is 2.30. The molecule has 0 aromatic carbocycles. The molecule has 1 saturated heterocycles. The second-order valence-electron chi connectivity index (χ2n) is 4.77. The van der Waals surface area contributed by atoms with Gasteiger partial charge in [-0.3, -0.25) is 0 Å². The van der Waals surface area contributed by atoms with Crippen molar-refractivity contribution < 1.29 is 13.2 Å². The minimum atomic E-state index is -3.17. The van der Waals surface area contributed by atoms with Crippen LogP contribution in [-0.4, -0.2) is 62.1 Å². The van der Waals surface area contributed by atoms with Crippen LogP contribution in [0.2, 0.25) is 0 Å². The SMILES string of the molecule is CC#CCNC(=O)N1CCC(N(CC)S(C)(=O)=O)CC1. The number of sulfonamides is 1. The van der Waals surface area contributed by atoms with E-state index < -0.39 is 10.0 Å². The van der Waals surface area contributed by atoms with E-state index >= 15 is 0 Å². The lowest BCUT2D eigenvalue weighted by Gasteiger charge is -2.36. The number of carbonyl (C=O) groups excluding carboxylic acids is 1. The summed E-state index contributed by atoms with van der Waals surface area (Å²) in [6.07, 6.45) is 2.58. The molecule has 20 heavy (non-hydrogen) atoms. The Morgan fingerprint density at radius 3 is 2.45 bits per heavy atom. The molecular weight excluding hydrogens is 278 g/mol. The third-order valence-electron chi connectivity index (χ3n) is 3.40. The summed E-state index contributed by atoms with van der Waals surface area (Å²) >= 11 is 0. The van der Waals surface area contributed by atoms with Crippen molar-refractivity contribution in [3.8, 4) is 11.8 Å². The van der Waals surface area contributed by atoms with E-state index in [1.54, 1.807) is 11.8 Å². The van der Waals surface area contributed by atoms with Crippen LogP contribution in [0.15, 0.2) is 0 Å². The molecule has 0 bridgehead atoms. The summed E-state index contributed by atoms with van der Waals surface area (Å²) in [5.41, 5.74) is 0. The smallest absolute Gasteiger partial charge is 0.318 e. The molecule has 1 heterocycles. The van der Waals surface area contributed by atoms with Crippen molar-refractivity contribution in [1.82, 2.24) is 14.5 Å². The number of likely N-dealkylation sites (tertiary alicyclic amines) is 1. The number of urea groups is 1. The van der Waals surface area contributed by atoms with E-state index in [9.17, 15) is 13.2 Å². The topological polar surface area (TPSA) is 69.7 Å². The van der Waals surface area contributed by atoms with E-state index in [0.29, 0.717) is 39.0 Å². The molecule has 2 amide bonds. The summed E-state index contributed by atoms with van der Waals surface area (Å²) in [6, 6.07) is -0.136. The van der Waals surface area contributed by atoms with Crippen LogP contribution in [0.25, 0.3) is 0 Å². The largest absolute Gasteiger partial charge is 0.327 e. The van der Waals surface area contributed by atoms with Crippen molar-refractivity contribution in [2.24, 2.45) is 0 Å². The Morgan fingerprint density at radius 2 is 2.00 bits per heavy atom. The number of nitrogens with one attached hydrogen (secondary N) is 1. The predicted octanol–water partition coefficient (Wildman–Crippen LogP) is 0.465. The molecule has 0 spiro atoms. The highest BCUT2D eigenvalue weighted by atomic mass is 32.2. The van der Waals surface area contributed by atoms with Gasteiger partial charge in [0.05, 0.1) is 12.8 Å². The average Bonchev–Trinajstić information content (AvgIpc) is 2.39. The number of piperidine rings is 1. The fourth-order valence-corrected chi connectivity index (χ4v) is 3.66. The molecule has 0 saturated carbocycles. The van der Waals surface area contributed by atoms with Crippen LogP contribution in [-0.2, 0) is 10.0 Å². The lowest BCUT2D eigenvalue weighted by atomic mass is 10.1. The Balaban J connectivity index is 2.50. The molecule has 0 aliphatic carbocycles. The zero-order valence-electron chi connectivity index (χ0n) is 12.3. The van der Waals surface area contributed by atoms with E-state index in [-0.39, 0.29) is 12.1 Å². The monoisotopic (exact) mass is 301 g/mol. The number of nitrogens with zero attached hydrogens (tertiary/aromatic N) is 2. The molecule has 1 fully saturated rings. The van der Waals surface area contributed by atoms with Crippen molar-refractivity contribution in [1.29, 1.82) is 0 Å². The van der Waals surface area contributed by atoms with Crippen molar-refractivity contribution in [2.75, 3.05) is 32.4 Å². The van der Waals surface area contributed by atoms with Crippen LogP contribution in [0.4, 0.5) is 4.79 Å². The molecule has 0 aromatic heterocycles. The Kier molecular flexibility index (Phi) is 6.30. The summed E-state index contributed by atoms with van der Waals surface area (Å²) < 4.78 is 24.9. The Morgan fingerprint density at radius 1 is 1.40 bits per heavy atom. The zero-order chi connectivity index (χ0) is 15.2. The first-order valence-corrected chi connectivity index (χ1v) is 8.64. The fraction of sp³-hybridized carbons (Fsp3) is 0.769. The fourth-order valence-electron chi connectivity index (χ4n) is 2.44. The minimum absolute atomic E-state index is 0.00511. The van der Waals surface area contributed by atoms with Gasteiger partial charge in [-0.05, 0) is 19.8 Å². The van der Waals surface area contributed by atoms with Crippen molar-refractivity contribution in [3.05, 3.63) is 0 Å². The summed E-state index contributed by atoms with van der Waals surface area (Å²) in [7, 11) is -3.17. The predicted molar refractivity (Wildman–Crippen MR) is 78.7 cm³/mol. The lowest BCUT2D eigenvalue weighted by Crippen LogP contribution is -2.50. The maximum Gasteiger partial charge on any atom is 0.318 e. The molecule has 114 valence electrons. The third-order valence-corrected chi connectivity index (χ3v) is 4.81. The Labute approximate surface area is 121 Å². The van der Waals surface area contributed by atoms with Crippen molar-refractivity contribution in [2.45, 2.75) is 32.7 Å². The molecule has 1 rings (SSSR count). The highest BCUT2D eigenvalue weighted by molar-refractivity contribution is 7.88. The molecule has 1 N–H and O–H groups in total. The quantitative estimate of drug-likeness (QED) is 0.767. The maximum absolute atomic E-state index is 11.8. The van der Waals surface area contributed by atoms with Gasteiger partial charge in [-0.1, -0.05) is 12.8 Å². The lowest BCUT2D eigenvalue weighted by molar-refractivity contribution is 0.160. The van der Waals surface area contributed by atoms with E-state index in [0.717, 1.165) is 0 Å². The second-order valence-corrected chi connectivity index (χ2v) is 6.71. The summed E-state index contributed by atoms with van der Waals surface area (Å²) in [5.74, 6) is 5.49. The van der Waals surface area contributed by atoms with E-state index in [2.05, 4.69) is 17.2 Å². The van der Waals surface area contributed by atoms with Crippen LogP contribution in [0.3, 0.4) is 0 Å². The van der Waals surface area contributed by atoms with Crippen LogP contribution >= 0.6 is 0 Å². The standard InChI is InChI=1S/C13H23N3O3S/c1-4-6-9-14-13(17)15-10-7-12(8-11-15)16(5-2)20(3,18)19/h12H,5,7-11H2,1-3H3,(H,14,17). The molecule has 6 nitrogen and oxygen atoms in total. The molecule has 0 radical (unpaired) electrons. The van der Waals surface area contributed by atoms with Crippen LogP contribution < -0.4 is 5.32 Å². The van der Waals surface area contributed by atoms with Gasteiger partial charge in [0.25, 0.3) is 0 Å². The first-order valence-electron chi connectivity index (χ1n) is 6.79. The highest BCUT2D eigenvalue weighted by Crippen LogP contribution is 2.18. The number of carbonyl (C=O) groups is 1. The second kappa shape index (κ2) is 7.50. The van der Waals surface area contributed by atoms with Gasteiger partial charge in [-0.25, -0.2) is 13.2 Å². The number of amides is 2. The summed E-state index contributed by atoms with van der Waals surface area (Å²) in [6.45, 7) is 5.53. The van der Waals surface area contributed by atoms with Crippen LogP contribution in [0, 0.1) is 11.8 Å². The normalized spacial score (nSPS) is 16.7. The van der Waals surface area contributed by atoms with E-state index in [1.807, 2.05) is 6.92 Å². The number of hydrogen-bond donors (Lipinski definition) is 1. The van der Waals surface area contributed by atoms with E-state index in [1.165, 1.54) is 10.6 Å². The van der Waals surface area contributed by atoms with Gasteiger partial charge in [-0.2, -0.15) is 4.31 Å². The Bertz CT molecular complexity index is 485. The van der Waals surface area contributed by atoms with Crippen molar-refractivity contribution in [3.63, 3.8) is 0 Å². The number of hydrogen-bond acceptors (Lipinski definition) is 3. The van der Waals surface area contributed by atoms with E-state index in [4.69, 9.17) is 0 Å². The van der Waals surface area contributed by atoms with Gasteiger partial charge < -0.3 is 10.2 Å². The van der Waals surface area contributed by atoms with Crippen LogP contribution in [0.5, 0.6) is 0 Å². The molecule has 1 aliphatic heterocycles. The summed E-state index contributed by atoms with van der Waals surface area (Å²) in [4.78, 5) is 13.5.